The van der Waals surface area contributed by atoms with Gasteiger partial charge in [-0.05, 0) is 6.42 Å². The average Bonchev–Trinajstić information content (AvgIpc) is 2.57. The molecule has 0 bridgehead atoms. The fourth-order valence-electron chi connectivity index (χ4n) is 1.19. The van der Waals surface area contributed by atoms with E-state index in [-0.39, 0.29) is 0 Å². The largest absolute Gasteiger partial charge is 0.726 e. The van der Waals surface area contributed by atoms with Gasteiger partial charge in [-0.2, -0.15) is 0 Å². The van der Waals surface area contributed by atoms with E-state index in [1.807, 2.05) is 0 Å². The van der Waals surface area contributed by atoms with Gasteiger partial charge in [0.2, 0.25) is 10.4 Å². The lowest BCUT2D eigenvalue weighted by Gasteiger charge is -1.98. The molecule has 0 atom stereocenters. The molecule has 0 radical (unpaired) electrons. The van der Waals surface area contributed by atoms with E-state index in [0.29, 0.717) is 0 Å². The summed E-state index contributed by atoms with van der Waals surface area (Å²) in [6.45, 7) is 4.31. The van der Waals surface area contributed by atoms with Crippen LogP contribution in [-0.2, 0) is 28.1 Å². The van der Waals surface area contributed by atoms with Gasteiger partial charge in [0.15, 0.2) is 0 Å². The average molecular weight is 264 g/mol. The summed E-state index contributed by atoms with van der Waals surface area (Å²) in [5.41, 5.74) is 1.41. The van der Waals surface area contributed by atoms with Gasteiger partial charge >= 0.3 is 0 Å². The third-order valence-electron chi connectivity index (χ3n) is 2.37. The summed E-state index contributed by atoms with van der Waals surface area (Å²) < 4.78 is 33.2. The van der Waals surface area contributed by atoms with Crippen LogP contribution in [0, 0.1) is 6.92 Å². The molecule has 0 saturated carbocycles. The van der Waals surface area contributed by atoms with Crippen molar-refractivity contribution in [3.8, 4) is 0 Å². The molecule has 17 heavy (non-hydrogen) atoms. The van der Waals surface area contributed by atoms with Crippen molar-refractivity contribution >= 4 is 10.4 Å². The Bertz CT molecular complexity index is 426. The number of nitrogens with zero attached hydrogens (tertiary/aromatic N) is 1. The van der Waals surface area contributed by atoms with Crippen LogP contribution in [0.25, 0.3) is 0 Å². The van der Waals surface area contributed by atoms with Crippen LogP contribution in [0.4, 0.5) is 0 Å². The summed E-state index contributed by atoms with van der Waals surface area (Å²) in [5, 5.41) is 0. The standard InChI is InChI=1S/C9H16N2.CH4O4S/c1-4-5-6-9-7-10-8(2)11(9)3;1-5-6(2,3)4/h7H,4-6H2,1-3H3;1H3,(H,2,3,4). The van der Waals surface area contributed by atoms with Crippen LogP contribution < -0.4 is 4.57 Å². The third-order valence-corrected chi connectivity index (χ3v) is 2.78. The van der Waals surface area contributed by atoms with Crippen molar-refractivity contribution in [3.05, 3.63) is 17.7 Å². The van der Waals surface area contributed by atoms with Crippen molar-refractivity contribution in [2.75, 3.05) is 7.11 Å². The lowest BCUT2D eigenvalue weighted by atomic mass is 10.2. The second kappa shape index (κ2) is 7.41. The van der Waals surface area contributed by atoms with Crippen molar-refractivity contribution < 1.29 is 21.7 Å². The Morgan fingerprint density at radius 2 is 2.06 bits per heavy atom. The lowest BCUT2D eigenvalue weighted by Crippen LogP contribution is -2.33. The smallest absolute Gasteiger partial charge is 0.251 e. The van der Waals surface area contributed by atoms with Crippen LogP contribution >= 0.6 is 0 Å². The maximum absolute atomic E-state index is 9.22. The number of aryl methyl sites for hydroxylation is 2. The van der Waals surface area contributed by atoms with Gasteiger partial charge in [0.1, 0.15) is 11.9 Å². The molecule has 1 aromatic rings. The van der Waals surface area contributed by atoms with E-state index >= 15 is 0 Å². The number of unbranched alkanes of at least 4 members (excludes halogenated alkanes) is 1. The molecule has 0 unspecified atom stereocenters. The minimum Gasteiger partial charge on any atom is -0.726 e. The Kier molecular flexibility index (Phi) is 7.01. The zero-order chi connectivity index (χ0) is 13.5. The number of hydrogen-bond donors (Lipinski definition) is 1. The monoisotopic (exact) mass is 264 g/mol. The van der Waals surface area contributed by atoms with E-state index < -0.39 is 10.4 Å². The Labute approximate surface area is 103 Å². The van der Waals surface area contributed by atoms with Crippen molar-refractivity contribution in [3.63, 3.8) is 0 Å². The summed E-state index contributed by atoms with van der Waals surface area (Å²) in [4.78, 5) is 3.21. The highest BCUT2D eigenvalue weighted by Gasteiger charge is 2.07. The van der Waals surface area contributed by atoms with Gasteiger partial charge in [-0.15, -0.1) is 0 Å². The van der Waals surface area contributed by atoms with E-state index in [0.717, 1.165) is 7.11 Å². The summed E-state index contributed by atoms with van der Waals surface area (Å²) in [6.07, 6.45) is 5.84. The van der Waals surface area contributed by atoms with E-state index in [4.69, 9.17) is 0 Å². The predicted molar refractivity (Wildman–Crippen MR) is 62.0 cm³/mol. The lowest BCUT2D eigenvalue weighted by molar-refractivity contribution is -0.683. The molecule has 0 spiro atoms. The molecule has 0 aromatic carbocycles. The fourth-order valence-corrected chi connectivity index (χ4v) is 1.19. The number of aromatic nitrogens is 2. The Balaban J connectivity index is 0.000000366. The van der Waals surface area contributed by atoms with Gasteiger partial charge in [-0.25, -0.2) is 18.0 Å². The van der Waals surface area contributed by atoms with Gasteiger partial charge in [0.25, 0.3) is 5.82 Å². The first-order chi connectivity index (χ1) is 7.81. The van der Waals surface area contributed by atoms with E-state index in [9.17, 15) is 13.0 Å². The minimum atomic E-state index is -4.41. The molecule has 1 rings (SSSR count). The Hall–Kier alpha value is -0.920. The molecule has 0 aliphatic heterocycles. The predicted octanol–water partition coefficient (Wildman–Crippen LogP) is 0.583. The van der Waals surface area contributed by atoms with Gasteiger partial charge in [-0.1, -0.05) is 13.3 Å². The molecule has 0 fully saturated rings. The van der Waals surface area contributed by atoms with Crippen molar-refractivity contribution in [2.45, 2.75) is 33.1 Å². The Morgan fingerprint density at radius 1 is 1.53 bits per heavy atom. The summed E-state index contributed by atoms with van der Waals surface area (Å²) in [6, 6.07) is 0. The first-order valence-electron chi connectivity index (χ1n) is 5.36. The molecule has 1 heterocycles. The van der Waals surface area contributed by atoms with E-state index in [1.165, 1.54) is 30.8 Å². The second-order valence-electron chi connectivity index (χ2n) is 3.60. The molecule has 0 aliphatic rings. The minimum absolute atomic E-state index is 0.808. The van der Waals surface area contributed by atoms with Crippen LogP contribution in [0.2, 0.25) is 0 Å². The molecule has 1 aromatic heterocycles. The highest BCUT2D eigenvalue weighted by atomic mass is 32.3. The maximum atomic E-state index is 9.22. The number of aromatic amines is 1. The molecule has 100 valence electrons. The summed E-state index contributed by atoms with van der Waals surface area (Å²) in [5.74, 6) is 1.23. The number of hydrogen-bond acceptors (Lipinski definition) is 4. The second-order valence-corrected chi connectivity index (χ2v) is 4.75. The van der Waals surface area contributed by atoms with E-state index in [1.54, 1.807) is 0 Å². The van der Waals surface area contributed by atoms with Crippen LogP contribution in [0.15, 0.2) is 6.20 Å². The first-order valence-corrected chi connectivity index (χ1v) is 6.69. The number of rotatable bonds is 4. The summed E-state index contributed by atoms with van der Waals surface area (Å²) >= 11 is 0. The molecule has 0 amide bonds. The van der Waals surface area contributed by atoms with Crippen LogP contribution in [0.5, 0.6) is 0 Å². The number of H-pyrrole nitrogens is 1. The highest BCUT2D eigenvalue weighted by Crippen LogP contribution is 1.99. The van der Waals surface area contributed by atoms with Gasteiger partial charge < -0.3 is 4.55 Å². The van der Waals surface area contributed by atoms with Gasteiger partial charge in [0, 0.05) is 13.3 Å². The molecular weight excluding hydrogens is 244 g/mol. The summed E-state index contributed by atoms with van der Waals surface area (Å²) in [7, 11) is -1.50. The van der Waals surface area contributed by atoms with Crippen LogP contribution in [0.3, 0.4) is 0 Å². The zero-order valence-corrected chi connectivity index (χ0v) is 11.5. The molecule has 0 saturated heterocycles. The molecule has 6 nitrogen and oxygen atoms in total. The van der Waals surface area contributed by atoms with Gasteiger partial charge in [-0.3, -0.25) is 4.18 Å². The fraction of sp³-hybridized carbons (Fsp3) is 0.700. The quantitative estimate of drug-likeness (QED) is 0.490. The molecule has 7 heteroatoms. The molecule has 1 N–H and O–H groups in total. The molecular formula is C10H20N2O4S. The third kappa shape index (κ3) is 7.09. The first kappa shape index (κ1) is 16.1. The van der Waals surface area contributed by atoms with Crippen LogP contribution in [0.1, 0.15) is 31.3 Å². The normalized spacial score (nSPS) is 10.9. The number of imidazole rings is 1. The topological polar surface area (TPSA) is 86.1 Å². The van der Waals surface area contributed by atoms with E-state index in [2.05, 4.69) is 40.8 Å². The van der Waals surface area contributed by atoms with Crippen molar-refractivity contribution in [1.29, 1.82) is 0 Å². The SMILES string of the molecule is CCCCc1c[nH]c(C)[n+]1C.COS(=O)(=O)[O-]. The zero-order valence-electron chi connectivity index (χ0n) is 10.7. The highest BCUT2D eigenvalue weighted by molar-refractivity contribution is 7.80. The van der Waals surface area contributed by atoms with Gasteiger partial charge in [0.05, 0.1) is 14.2 Å². The number of nitrogens with one attached hydrogen (secondary N) is 1. The Morgan fingerprint density at radius 3 is 2.35 bits per heavy atom. The maximum Gasteiger partial charge on any atom is 0.251 e. The van der Waals surface area contributed by atoms with Crippen molar-refractivity contribution in [2.24, 2.45) is 7.05 Å². The molecule has 0 aliphatic carbocycles. The van der Waals surface area contributed by atoms with Crippen LogP contribution in [-0.4, -0.2) is 25.1 Å². The van der Waals surface area contributed by atoms with Crippen molar-refractivity contribution in [1.82, 2.24) is 4.98 Å².